The van der Waals surface area contributed by atoms with Gasteiger partial charge in [0.05, 0.1) is 28.0 Å². The number of para-hydroxylation sites is 1. The van der Waals surface area contributed by atoms with Gasteiger partial charge in [0.15, 0.2) is 5.76 Å². The minimum Gasteiger partial charge on any atom is -0.359 e. The van der Waals surface area contributed by atoms with Crippen molar-refractivity contribution in [3.8, 4) is 0 Å². The maximum absolute atomic E-state index is 6.27. The van der Waals surface area contributed by atoms with Crippen LogP contribution in [0.2, 0.25) is 5.02 Å². The number of nitrogens with zero attached hydrogens (tertiary/aromatic N) is 3. The minimum absolute atomic E-state index is 0.292. The van der Waals surface area contributed by atoms with Gasteiger partial charge in [-0.3, -0.25) is 4.90 Å². The minimum atomic E-state index is 0.292. The number of aryl methyl sites for hydroxylation is 1. The quantitative estimate of drug-likeness (QED) is 0.709. The molecule has 0 aliphatic carbocycles. The van der Waals surface area contributed by atoms with Gasteiger partial charge in [0.1, 0.15) is 0 Å². The highest BCUT2D eigenvalue weighted by atomic mass is 35.5. The summed E-state index contributed by atoms with van der Waals surface area (Å²) in [5.74, 6) is 0.957. The summed E-state index contributed by atoms with van der Waals surface area (Å²) < 4.78 is 5.47. The Morgan fingerprint density at radius 3 is 3.04 bits per heavy atom. The van der Waals surface area contributed by atoms with Crippen LogP contribution in [0.4, 0.5) is 0 Å². The average Bonchev–Trinajstić information content (AvgIpc) is 3.17. The van der Waals surface area contributed by atoms with Crippen LogP contribution in [0.15, 0.2) is 40.9 Å². The molecule has 1 fully saturated rings. The number of aromatic nitrogens is 2. The van der Waals surface area contributed by atoms with Gasteiger partial charge in [0.2, 0.25) is 0 Å². The lowest BCUT2D eigenvalue weighted by Crippen LogP contribution is -2.23. The summed E-state index contributed by atoms with van der Waals surface area (Å²) in [7, 11) is 0. The number of benzene rings is 1. The summed E-state index contributed by atoms with van der Waals surface area (Å²) in [4.78, 5) is 7.16. The van der Waals surface area contributed by atoms with Crippen molar-refractivity contribution >= 4 is 22.5 Å². The molecule has 0 bridgehead atoms. The van der Waals surface area contributed by atoms with Crippen molar-refractivity contribution in [2.24, 2.45) is 0 Å². The summed E-state index contributed by atoms with van der Waals surface area (Å²) in [5.41, 5.74) is 2.84. The molecular weight excluding hydrogens is 310 g/mol. The van der Waals surface area contributed by atoms with Crippen LogP contribution in [-0.4, -0.2) is 21.6 Å². The molecule has 1 aliphatic heterocycles. The van der Waals surface area contributed by atoms with Crippen LogP contribution < -0.4 is 0 Å². The van der Waals surface area contributed by atoms with Crippen molar-refractivity contribution in [3.05, 3.63) is 58.6 Å². The first kappa shape index (κ1) is 14.7. The first-order valence-corrected chi connectivity index (χ1v) is 8.30. The van der Waals surface area contributed by atoms with E-state index in [0.717, 1.165) is 47.6 Å². The summed E-state index contributed by atoms with van der Waals surface area (Å²) in [6.07, 6.45) is 2.27. The number of hydrogen-bond acceptors (Lipinski definition) is 4. The van der Waals surface area contributed by atoms with Crippen LogP contribution in [0, 0.1) is 6.92 Å². The van der Waals surface area contributed by atoms with Gasteiger partial charge in [-0.1, -0.05) is 35.0 Å². The molecule has 23 heavy (non-hydrogen) atoms. The first-order chi connectivity index (χ1) is 11.2. The van der Waals surface area contributed by atoms with E-state index in [-0.39, 0.29) is 0 Å². The second-order valence-electron chi connectivity index (χ2n) is 6.11. The maximum Gasteiger partial charge on any atom is 0.154 e. The van der Waals surface area contributed by atoms with Gasteiger partial charge in [-0.2, -0.15) is 0 Å². The summed E-state index contributed by atoms with van der Waals surface area (Å²) >= 11 is 6.27. The third-order valence-electron chi connectivity index (χ3n) is 4.43. The average molecular weight is 328 g/mol. The SMILES string of the molecule is Cc1cc(C2CCCN2Cc2ccc3cccc(Cl)c3n2)on1. The Hall–Kier alpha value is -1.91. The second-order valence-corrected chi connectivity index (χ2v) is 6.52. The lowest BCUT2D eigenvalue weighted by Gasteiger charge is -2.22. The van der Waals surface area contributed by atoms with E-state index in [2.05, 4.69) is 22.2 Å². The largest absolute Gasteiger partial charge is 0.359 e. The van der Waals surface area contributed by atoms with E-state index in [0.29, 0.717) is 11.1 Å². The van der Waals surface area contributed by atoms with E-state index in [1.165, 1.54) is 6.42 Å². The zero-order valence-corrected chi connectivity index (χ0v) is 13.8. The van der Waals surface area contributed by atoms with Gasteiger partial charge in [-0.15, -0.1) is 0 Å². The van der Waals surface area contributed by atoms with E-state index < -0.39 is 0 Å². The number of fused-ring (bicyclic) bond motifs is 1. The fourth-order valence-electron chi connectivity index (χ4n) is 3.33. The zero-order chi connectivity index (χ0) is 15.8. The number of likely N-dealkylation sites (tertiary alicyclic amines) is 1. The molecule has 1 aromatic carbocycles. The van der Waals surface area contributed by atoms with Crippen molar-refractivity contribution in [2.45, 2.75) is 32.4 Å². The maximum atomic E-state index is 6.27. The summed E-state index contributed by atoms with van der Waals surface area (Å²) in [5, 5.41) is 5.80. The van der Waals surface area contributed by atoms with Crippen molar-refractivity contribution in [1.29, 1.82) is 0 Å². The highest BCUT2D eigenvalue weighted by Crippen LogP contribution is 2.33. The molecule has 0 N–H and O–H groups in total. The lowest BCUT2D eigenvalue weighted by molar-refractivity contribution is 0.205. The summed E-state index contributed by atoms with van der Waals surface area (Å²) in [6.45, 7) is 3.80. The van der Waals surface area contributed by atoms with E-state index in [4.69, 9.17) is 21.1 Å². The van der Waals surface area contributed by atoms with Gasteiger partial charge < -0.3 is 4.52 Å². The first-order valence-electron chi connectivity index (χ1n) is 7.92. The molecule has 1 atom stereocenters. The number of rotatable bonds is 3. The number of hydrogen-bond donors (Lipinski definition) is 0. The Morgan fingerprint density at radius 2 is 2.22 bits per heavy atom. The van der Waals surface area contributed by atoms with Crippen LogP contribution in [0.1, 0.15) is 36.0 Å². The smallest absolute Gasteiger partial charge is 0.154 e. The molecule has 4 rings (SSSR count). The fraction of sp³-hybridized carbons (Fsp3) is 0.333. The molecule has 0 radical (unpaired) electrons. The van der Waals surface area contributed by atoms with Crippen LogP contribution in [0.25, 0.3) is 10.9 Å². The Morgan fingerprint density at radius 1 is 1.30 bits per heavy atom. The lowest BCUT2D eigenvalue weighted by atomic mass is 10.1. The summed E-state index contributed by atoms with van der Waals surface area (Å²) in [6, 6.07) is 12.4. The molecule has 3 aromatic rings. The van der Waals surface area contributed by atoms with Gasteiger partial charge >= 0.3 is 0 Å². The molecule has 0 amide bonds. The van der Waals surface area contributed by atoms with Crippen LogP contribution in [0.3, 0.4) is 0 Å². The van der Waals surface area contributed by atoms with Crippen molar-refractivity contribution in [3.63, 3.8) is 0 Å². The predicted octanol–water partition coefficient (Wildman–Crippen LogP) is 4.52. The van der Waals surface area contributed by atoms with Crippen molar-refractivity contribution in [1.82, 2.24) is 15.0 Å². The predicted molar refractivity (Wildman–Crippen MR) is 90.4 cm³/mol. The Bertz CT molecular complexity index is 845. The van der Waals surface area contributed by atoms with Crippen LogP contribution in [-0.2, 0) is 6.54 Å². The van der Waals surface area contributed by atoms with Crippen LogP contribution in [0.5, 0.6) is 0 Å². The third kappa shape index (κ3) is 2.84. The molecule has 1 saturated heterocycles. The topological polar surface area (TPSA) is 42.2 Å². The molecule has 4 nitrogen and oxygen atoms in total. The Labute approximate surface area is 140 Å². The molecule has 1 unspecified atom stereocenters. The highest BCUT2D eigenvalue weighted by Gasteiger charge is 2.29. The number of halogens is 1. The van der Waals surface area contributed by atoms with E-state index >= 15 is 0 Å². The Balaban J connectivity index is 1.60. The molecule has 118 valence electrons. The highest BCUT2D eigenvalue weighted by molar-refractivity contribution is 6.35. The van der Waals surface area contributed by atoms with Gasteiger partial charge in [-0.25, -0.2) is 4.98 Å². The standard InChI is InChI=1S/C18H18ClN3O/c1-12-10-17(23-21-12)16-6-3-9-22(16)11-14-8-7-13-4-2-5-15(19)18(13)20-14/h2,4-5,7-8,10,16H,3,6,9,11H2,1H3. The zero-order valence-electron chi connectivity index (χ0n) is 13.0. The van der Waals surface area contributed by atoms with Crippen molar-refractivity contribution < 1.29 is 4.52 Å². The molecule has 3 heterocycles. The van der Waals surface area contributed by atoms with E-state index in [1.807, 2.05) is 31.2 Å². The van der Waals surface area contributed by atoms with Gasteiger partial charge in [0, 0.05) is 18.0 Å². The van der Waals surface area contributed by atoms with Gasteiger partial charge in [-0.05, 0) is 38.4 Å². The molecule has 0 spiro atoms. The van der Waals surface area contributed by atoms with Crippen molar-refractivity contribution in [2.75, 3.05) is 6.54 Å². The molecular formula is C18H18ClN3O. The molecule has 0 saturated carbocycles. The Kier molecular flexibility index (Phi) is 3.79. The van der Waals surface area contributed by atoms with Crippen LogP contribution >= 0.6 is 11.6 Å². The molecule has 2 aromatic heterocycles. The normalized spacial score (nSPS) is 18.8. The molecule has 5 heteroatoms. The van der Waals surface area contributed by atoms with E-state index in [9.17, 15) is 0 Å². The number of pyridine rings is 1. The third-order valence-corrected chi connectivity index (χ3v) is 4.74. The van der Waals surface area contributed by atoms with Gasteiger partial charge in [0.25, 0.3) is 0 Å². The fourth-order valence-corrected chi connectivity index (χ4v) is 3.55. The molecule has 1 aliphatic rings. The monoisotopic (exact) mass is 327 g/mol. The van der Waals surface area contributed by atoms with E-state index in [1.54, 1.807) is 0 Å². The second kappa shape index (κ2) is 5.95.